The maximum Gasteiger partial charge on any atom is 0.0629 e. The molecule has 0 aliphatic rings. The lowest BCUT2D eigenvalue weighted by Gasteiger charge is -2.15. The number of halogens is 1. The molecule has 2 rings (SSSR count). The summed E-state index contributed by atoms with van der Waals surface area (Å²) in [5.41, 5.74) is 1.30. The van der Waals surface area contributed by atoms with Crippen LogP contribution in [0.3, 0.4) is 0 Å². The summed E-state index contributed by atoms with van der Waals surface area (Å²) < 4.78 is 2.92. The topological polar surface area (TPSA) is 29.9 Å². The van der Waals surface area contributed by atoms with Gasteiger partial charge >= 0.3 is 0 Å². The van der Waals surface area contributed by atoms with Crippen molar-refractivity contribution in [2.24, 2.45) is 7.05 Å². The first-order valence-electron chi connectivity index (χ1n) is 5.73. The summed E-state index contributed by atoms with van der Waals surface area (Å²) in [6.07, 6.45) is 3.92. The molecule has 96 valence electrons. The van der Waals surface area contributed by atoms with E-state index in [4.69, 9.17) is 0 Å². The van der Waals surface area contributed by atoms with Crippen LogP contribution in [0.4, 0.5) is 0 Å². The molecule has 0 bridgehead atoms. The van der Waals surface area contributed by atoms with Gasteiger partial charge < -0.3 is 5.32 Å². The molecule has 0 amide bonds. The minimum Gasteiger partial charge on any atom is -0.313 e. The van der Waals surface area contributed by atoms with Crippen LogP contribution < -0.4 is 5.32 Å². The first-order chi connectivity index (χ1) is 8.60. The summed E-state index contributed by atoms with van der Waals surface area (Å²) in [5, 5.41) is 7.48. The lowest BCUT2D eigenvalue weighted by Crippen LogP contribution is -2.13. The second-order valence-electron chi connectivity index (χ2n) is 4.14. The lowest BCUT2D eigenvalue weighted by atomic mass is 10.1. The summed E-state index contributed by atoms with van der Waals surface area (Å²) in [7, 11) is 3.91. The molecule has 5 heteroatoms. The number of benzene rings is 1. The van der Waals surface area contributed by atoms with Gasteiger partial charge in [-0.25, -0.2) is 0 Å². The molecule has 2 aromatic rings. The minimum absolute atomic E-state index is 0.331. The molecule has 1 unspecified atom stereocenters. The van der Waals surface area contributed by atoms with E-state index in [1.807, 2.05) is 31.2 Å². The maximum absolute atomic E-state index is 4.20. The molecule has 3 nitrogen and oxygen atoms in total. The summed E-state index contributed by atoms with van der Waals surface area (Å²) in [6.45, 7) is 2.16. The molecule has 1 heterocycles. The Balaban J connectivity index is 2.33. The van der Waals surface area contributed by atoms with Crippen LogP contribution in [0.15, 0.2) is 44.9 Å². The Morgan fingerprint density at radius 2 is 2.22 bits per heavy atom. The van der Waals surface area contributed by atoms with Gasteiger partial charge in [-0.3, -0.25) is 4.68 Å². The van der Waals surface area contributed by atoms with Crippen LogP contribution in [-0.4, -0.2) is 16.8 Å². The van der Waals surface area contributed by atoms with Gasteiger partial charge in [0, 0.05) is 28.7 Å². The Hall–Kier alpha value is -0.780. The summed E-state index contributed by atoms with van der Waals surface area (Å²) in [4.78, 5) is 2.40. The first kappa shape index (κ1) is 13.6. The van der Waals surface area contributed by atoms with E-state index in [9.17, 15) is 0 Å². The highest BCUT2D eigenvalue weighted by atomic mass is 79.9. The van der Waals surface area contributed by atoms with Gasteiger partial charge in [0.2, 0.25) is 0 Å². The average Bonchev–Trinajstić information content (AvgIpc) is 2.74. The second-order valence-corrected chi connectivity index (χ2v) is 6.18. The largest absolute Gasteiger partial charge is 0.313 e. The molecule has 0 aliphatic heterocycles. The van der Waals surface area contributed by atoms with Crippen LogP contribution in [0, 0.1) is 0 Å². The number of aryl methyl sites for hydroxylation is 1. The molecular weight excluding hydrogens is 310 g/mol. The van der Waals surface area contributed by atoms with Crippen molar-refractivity contribution in [3.05, 3.63) is 40.6 Å². The summed E-state index contributed by atoms with van der Waals surface area (Å²) >= 11 is 5.27. The summed E-state index contributed by atoms with van der Waals surface area (Å²) in [5.74, 6) is 0. The third kappa shape index (κ3) is 3.16. The molecule has 18 heavy (non-hydrogen) atoms. The van der Waals surface area contributed by atoms with Crippen LogP contribution in [0.2, 0.25) is 0 Å². The van der Waals surface area contributed by atoms with Crippen molar-refractivity contribution >= 4 is 27.7 Å². The number of hydrogen-bond acceptors (Lipinski definition) is 3. The van der Waals surface area contributed by atoms with Crippen LogP contribution in [0.5, 0.6) is 0 Å². The fourth-order valence-corrected chi connectivity index (χ4v) is 3.31. The van der Waals surface area contributed by atoms with E-state index >= 15 is 0 Å². The number of nitrogens with one attached hydrogen (secondary N) is 1. The molecule has 0 saturated heterocycles. The Morgan fingerprint density at radius 1 is 1.44 bits per heavy atom. The van der Waals surface area contributed by atoms with Gasteiger partial charge in [0.05, 0.1) is 11.1 Å². The normalized spacial score (nSPS) is 12.7. The molecule has 0 fully saturated rings. The van der Waals surface area contributed by atoms with Crippen LogP contribution in [-0.2, 0) is 7.05 Å². The molecule has 1 N–H and O–H groups in total. The van der Waals surface area contributed by atoms with E-state index in [0.29, 0.717) is 6.04 Å². The van der Waals surface area contributed by atoms with Crippen LogP contribution in [0.25, 0.3) is 0 Å². The lowest BCUT2D eigenvalue weighted by molar-refractivity contribution is 0.641. The molecule has 1 aromatic carbocycles. The van der Waals surface area contributed by atoms with Crippen molar-refractivity contribution in [2.75, 3.05) is 7.05 Å². The zero-order valence-corrected chi connectivity index (χ0v) is 13.0. The number of nitrogens with zero attached hydrogens (tertiary/aromatic N) is 2. The van der Waals surface area contributed by atoms with Crippen molar-refractivity contribution in [2.45, 2.75) is 22.8 Å². The van der Waals surface area contributed by atoms with Gasteiger partial charge in [0.15, 0.2) is 0 Å². The molecule has 0 radical (unpaired) electrons. The van der Waals surface area contributed by atoms with Gasteiger partial charge in [-0.15, -0.1) is 0 Å². The van der Waals surface area contributed by atoms with E-state index < -0.39 is 0 Å². The van der Waals surface area contributed by atoms with Crippen molar-refractivity contribution in [1.82, 2.24) is 15.1 Å². The van der Waals surface area contributed by atoms with E-state index in [1.54, 1.807) is 11.8 Å². The monoisotopic (exact) mass is 325 g/mol. The maximum atomic E-state index is 4.20. The van der Waals surface area contributed by atoms with Crippen LogP contribution >= 0.6 is 27.7 Å². The van der Waals surface area contributed by atoms with Crippen LogP contribution in [0.1, 0.15) is 18.5 Å². The van der Waals surface area contributed by atoms with Crippen molar-refractivity contribution in [3.63, 3.8) is 0 Å². The third-order valence-corrected chi connectivity index (χ3v) is 4.30. The van der Waals surface area contributed by atoms with Gasteiger partial charge in [0.25, 0.3) is 0 Å². The van der Waals surface area contributed by atoms with Crippen molar-refractivity contribution < 1.29 is 0 Å². The Labute approximate surface area is 120 Å². The van der Waals surface area contributed by atoms with E-state index in [1.165, 1.54) is 10.5 Å². The molecule has 0 spiro atoms. The molecular formula is C13H16BrN3S. The number of hydrogen-bond donors (Lipinski definition) is 1. The van der Waals surface area contributed by atoms with Gasteiger partial charge in [-0.05, 0) is 31.7 Å². The fraction of sp³-hybridized carbons (Fsp3) is 0.308. The molecule has 0 saturated carbocycles. The predicted octanol–water partition coefficient (Wildman–Crippen LogP) is 3.61. The quantitative estimate of drug-likeness (QED) is 0.931. The van der Waals surface area contributed by atoms with Gasteiger partial charge in [-0.1, -0.05) is 33.8 Å². The highest BCUT2D eigenvalue weighted by molar-refractivity contribution is 9.10. The Bertz CT molecular complexity index is 539. The smallest absolute Gasteiger partial charge is 0.0629 e. The fourth-order valence-electron chi connectivity index (χ4n) is 1.69. The van der Waals surface area contributed by atoms with Crippen molar-refractivity contribution in [1.29, 1.82) is 0 Å². The summed E-state index contributed by atoms with van der Waals surface area (Å²) in [6, 6.07) is 6.72. The van der Waals surface area contributed by atoms with Gasteiger partial charge in [-0.2, -0.15) is 5.10 Å². The predicted molar refractivity (Wildman–Crippen MR) is 78.9 cm³/mol. The second kappa shape index (κ2) is 5.91. The van der Waals surface area contributed by atoms with Crippen molar-refractivity contribution in [3.8, 4) is 0 Å². The number of rotatable bonds is 4. The first-order valence-corrected chi connectivity index (χ1v) is 7.34. The SMILES string of the molecule is CNC(C)c1ccc(Br)cc1Sc1cnn(C)c1. The third-order valence-electron chi connectivity index (χ3n) is 2.78. The van der Waals surface area contributed by atoms with E-state index in [2.05, 4.69) is 51.5 Å². The van der Waals surface area contributed by atoms with E-state index in [-0.39, 0.29) is 0 Å². The Morgan fingerprint density at radius 3 is 2.83 bits per heavy atom. The molecule has 1 atom stereocenters. The minimum atomic E-state index is 0.331. The number of aromatic nitrogens is 2. The molecule has 1 aromatic heterocycles. The van der Waals surface area contributed by atoms with E-state index in [0.717, 1.165) is 9.37 Å². The van der Waals surface area contributed by atoms with Gasteiger partial charge in [0.1, 0.15) is 0 Å². The Kier molecular flexibility index (Phi) is 4.48. The molecule has 0 aliphatic carbocycles. The highest BCUT2D eigenvalue weighted by Gasteiger charge is 2.11. The zero-order chi connectivity index (χ0) is 13.1. The highest BCUT2D eigenvalue weighted by Crippen LogP contribution is 2.34. The average molecular weight is 326 g/mol. The standard InChI is InChI=1S/C13H16BrN3S/c1-9(15-2)12-5-4-10(14)6-13(12)18-11-7-16-17(3)8-11/h4-9,15H,1-3H3. The zero-order valence-electron chi connectivity index (χ0n) is 10.6.